The third kappa shape index (κ3) is 11.4. The summed E-state index contributed by atoms with van der Waals surface area (Å²) in [6, 6.07) is 26.8. The van der Waals surface area contributed by atoms with E-state index in [2.05, 4.69) is 20.6 Å². The summed E-state index contributed by atoms with van der Waals surface area (Å²) in [4.78, 5) is 33.1. The number of aliphatic imine (C=N–C) groups is 2. The van der Waals surface area contributed by atoms with Crippen LogP contribution < -0.4 is 10.6 Å². The van der Waals surface area contributed by atoms with Gasteiger partial charge in [0.05, 0.1) is 25.6 Å². The maximum absolute atomic E-state index is 12.2. The number of methoxy groups -OCH3 is 2. The molecule has 0 saturated heterocycles. The van der Waals surface area contributed by atoms with E-state index in [1.165, 1.54) is 25.3 Å². The summed E-state index contributed by atoms with van der Waals surface area (Å²) in [5.41, 5.74) is 9.27. The minimum absolute atomic E-state index is 0. The molecule has 0 heterocycles. The van der Waals surface area contributed by atoms with Gasteiger partial charge >= 0.3 is 0 Å². The molecule has 0 unspecified atom stereocenters. The Morgan fingerprint density at radius 3 is 1.11 bits per heavy atom. The number of hydrogen-bond donors (Lipinski definition) is 2. The molecule has 0 aliphatic rings. The van der Waals surface area contributed by atoms with E-state index in [1.54, 1.807) is 24.3 Å². The van der Waals surface area contributed by atoms with Crippen molar-refractivity contribution >= 4 is 35.2 Å². The van der Waals surface area contributed by atoms with Crippen LogP contribution in [0, 0.1) is 41.5 Å². The topological polar surface area (TPSA) is 101 Å². The Bertz CT molecular complexity index is 1540. The molecule has 0 saturated carbocycles. The number of benzene rings is 4. The van der Waals surface area contributed by atoms with E-state index in [0.717, 1.165) is 33.6 Å². The number of hydrogen-bond acceptors (Lipinski definition) is 6. The Morgan fingerprint density at radius 1 is 0.511 bits per heavy atom. The molecule has 9 heteroatoms. The summed E-state index contributed by atoms with van der Waals surface area (Å²) in [7, 11) is 2.97. The van der Waals surface area contributed by atoms with Gasteiger partial charge in [-0.2, -0.15) is 9.98 Å². The fourth-order valence-electron chi connectivity index (χ4n) is 4.08. The van der Waals surface area contributed by atoms with Crippen molar-refractivity contribution in [3.63, 3.8) is 0 Å². The smallest absolute Gasteiger partial charge is 0.296 e. The van der Waals surface area contributed by atoms with Gasteiger partial charge in [0, 0.05) is 28.2 Å². The van der Waals surface area contributed by atoms with Gasteiger partial charge in [-0.15, -0.1) is 0 Å². The quantitative estimate of drug-likeness (QED) is 0.136. The Balaban J connectivity index is 0.000000307. The van der Waals surface area contributed by atoms with Crippen molar-refractivity contribution in [1.82, 2.24) is 10.6 Å². The second kappa shape index (κ2) is 17.5. The molecule has 239 valence electrons. The Kier molecular flexibility index (Phi) is 14.2. The van der Waals surface area contributed by atoms with Crippen LogP contribution in [0.25, 0.3) is 0 Å². The van der Waals surface area contributed by atoms with Gasteiger partial charge in [0.1, 0.15) is 0 Å². The van der Waals surface area contributed by atoms with Crippen LogP contribution in [-0.2, 0) is 26.5 Å². The van der Waals surface area contributed by atoms with Gasteiger partial charge in [0.15, 0.2) is 0 Å². The number of nitrogens with one attached hydrogen (secondary N) is 2. The summed E-state index contributed by atoms with van der Waals surface area (Å²) >= 11 is 0. The molecule has 0 atom stereocenters. The second-order valence-corrected chi connectivity index (χ2v) is 10.5. The molecule has 0 aliphatic carbocycles. The Morgan fingerprint density at radius 2 is 0.822 bits per heavy atom. The summed E-state index contributed by atoms with van der Waals surface area (Å²) in [6.45, 7) is 11.9. The van der Waals surface area contributed by atoms with Gasteiger partial charge in [-0.25, -0.2) is 0 Å². The minimum atomic E-state index is -0.245. The molecule has 2 N–H and O–H groups in total. The van der Waals surface area contributed by atoms with E-state index >= 15 is 0 Å². The monoisotopic (exact) mass is 655 g/mol. The minimum Gasteiger partial charge on any atom is -0.468 e. The van der Waals surface area contributed by atoms with Gasteiger partial charge in [0.25, 0.3) is 23.9 Å². The number of aryl methyl sites for hydroxylation is 6. The van der Waals surface area contributed by atoms with Crippen molar-refractivity contribution in [2.45, 2.75) is 41.5 Å². The first-order chi connectivity index (χ1) is 21.0. The van der Waals surface area contributed by atoms with Crippen molar-refractivity contribution < 1.29 is 36.1 Å². The van der Waals surface area contributed by atoms with Gasteiger partial charge in [0.2, 0.25) is 0 Å². The first kappa shape index (κ1) is 36.5. The van der Waals surface area contributed by atoms with Crippen LogP contribution in [0.1, 0.15) is 54.1 Å². The van der Waals surface area contributed by atoms with Gasteiger partial charge in [-0.3, -0.25) is 20.2 Å². The van der Waals surface area contributed by atoms with E-state index in [4.69, 9.17) is 9.47 Å². The number of amides is 2. The average Bonchev–Trinajstić information content (AvgIpc) is 2.99. The van der Waals surface area contributed by atoms with Crippen molar-refractivity contribution in [3.8, 4) is 0 Å². The van der Waals surface area contributed by atoms with Gasteiger partial charge < -0.3 is 9.47 Å². The summed E-state index contributed by atoms with van der Waals surface area (Å²) in [5.74, 6) is -0.490. The van der Waals surface area contributed by atoms with Crippen molar-refractivity contribution in [1.29, 1.82) is 0 Å². The van der Waals surface area contributed by atoms with Gasteiger partial charge in [-0.05, 0) is 89.1 Å². The molecule has 2 amide bonds. The molecule has 0 aliphatic heterocycles. The average molecular weight is 656 g/mol. The molecule has 0 bridgehead atoms. The number of carbonyl (C=O) groups excluding carboxylic acids is 2. The fourth-order valence-corrected chi connectivity index (χ4v) is 4.08. The molecule has 8 nitrogen and oxygen atoms in total. The number of amidine groups is 2. The largest absolute Gasteiger partial charge is 0.468 e. The first-order valence-corrected chi connectivity index (χ1v) is 14.1. The van der Waals surface area contributed by atoms with Crippen LogP contribution in [-0.4, -0.2) is 38.1 Å². The van der Waals surface area contributed by atoms with Crippen LogP contribution in [0.3, 0.4) is 0 Å². The van der Waals surface area contributed by atoms with E-state index < -0.39 is 0 Å². The zero-order valence-electron chi connectivity index (χ0n) is 26.9. The predicted molar refractivity (Wildman–Crippen MR) is 177 cm³/mol. The third-order valence-corrected chi connectivity index (χ3v) is 6.60. The molecular formula is C36H40CuN4O4. The van der Waals surface area contributed by atoms with Crippen LogP contribution in [0.2, 0.25) is 0 Å². The third-order valence-electron chi connectivity index (χ3n) is 6.60. The standard InChI is InChI=1S/2C18H20N2O2.Cu/c2*1-12-5-8-15(9-6-12)17(21)20-18(22-4)19-16-10-7-13(2)11-14(16)3;/h2*5-11H,1-4H3,(H,19,20,21);. The van der Waals surface area contributed by atoms with Crippen LogP contribution in [0.5, 0.6) is 0 Å². The summed E-state index contributed by atoms with van der Waals surface area (Å²) in [6.07, 6.45) is 0. The van der Waals surface area contributed by atoms with Crippen molar-refractivity contribution in [3.05, 3.63) is 129 Å². The van der Waals surface area contributed by atoms with Crippen molar-refractivity contribution in [2.24, 2.45) is 9.98 Å². The molecule has 45 heavy (non-hydrogen) atoms. The van der Waals surface area contributed by atoms with Crippen LogP contribution >= 0.6 is 0 Å². The maximum Gasteiger partial charge on any atom is 0.296 e. The zero-order valence-corrected chi connectivity index (χ0v) is 27.9. The maximum atomic E-state index is 12.2. The number of carbonyl (C=O) groups is 2. The Hall–Kier alpha value is -4.72. The number of ether oxygens (including phenoxy) is 2. The molecule has 4 aromatic rings. The number of rotatable bonds is 4. The zero-order chi connectivity index (χ0) is 32.2. The molecule has 4 rings (SSSR count). The molecule has 0 aromatic heterocycles. The van der Waals surface area contributed by atoms with E-state index in [-0.39, 0.29) is 40.9 Å². The SMILES string of the molecule is COC(=Nc1ccc(C)cc1C)NC(=O)c1ccc(C)cc1.COC(=Nc1ccc(C)cc1C)NC(=O)c1ccc(C)cc1.[Cu]. The second-order valence-electron chi connectivity index (χ2n) is 10.5. The number of nitrogens with zero attached hydrogens (tertiary/aromatic N) is 2. The predicted octanol–water partition coefficient (Wildman–Crippen LogP) is 7.35. The van der Waals surface area contributed by atoms with Crippen LogP contribution in [0.4, 0.5) is 11.4 Å². The van der Waals surface area contributed by atoms with E-state index in [1.807, 2.05) is 102 Å². The fraction of sp³-hybridized carbons (Fsp3) is 0.222. The van der Waals surface area contributed by atoms with E-state index in [9.17, 15) is 9.59 Å². The summed E-state index contributed by atoms with van der Waals surface area (Å²) in [5, 5.41) is 5.36. The van der Waals surface area contributed by atoms with Gasteiger partial charge in [-0.1, -0.05) is 70.8 Å². The molecule has 1 radical (unpaired) electrons. The van der Waals surface area contributed by atoms with Crippen LogP contribution in [0.15, 0.2) is 94.9 Å². The molecular weight excluding hydrogens is 616 g/mol. The molecule has 0 fully saturated rings. The first-order valence-electron chi connectivity index (χ1n) is 14.1. The van der Waals surface area contributed by atoms with E-state index in [0.29, 0.717) is 11.1 Å². The Labute approximate surface area is 276 Å². The van der Waals surface area contributed by atoms with Crippen molar-refractivity contribution in [2.75, 3.05) is 14.2 Å². The normalized spacial score (nSPS) is 10.9. The molecule has 4 aromatic carbocycles. The summed E-state index contributed by atoms with van der Waals surface area (Å²) < 4.78 is 10.3. The molecule has 0 spiro atoms.